The maximum absolute atomic E-state index is 13.2. The van der Waals surface area contributed by atoms with E-state index in [1.54, 1.807) is 40.3 Å². The summed E-state index contributed by atoms with van der Waals surface area (Å²) in [5.41, 5.74) is 3.32. The van der Waals surface area contributed by atoms with Crippen LogP contribution < -0.4 is 5.56 Å². The Morgan fingerprint density at radius 3 is 2.83 bits per heavy atom. The molecule has 1 amide bonds. The molecule has 184 valence electrons. The van der Waals surface area contributed by atoms with Crippen molar-refractivity contribution in [3.63, 3.8) is 0 Å². The van der Waals surface area contributed by atoms with Crippen LogP contribution in [0.5, 0.6) is 0 Å². The first-order chi connectivity index (χ1) is 17.3. The topological polar surface area (TPSA) is 104 Å². The summed E-state index contributed by atoms with van der Waals surface area (Å²) in [6, 6.07) is 8.78. The second kappa shape index (κ2) is 8.69. The molecule has 10 heteroatoms. The van der Waals surface area contributed by atoms with E-state index in [-0.39, 0.29) is 17.5 Å². The van der Waals surface area contributed by atoms with Crippen LogP contribution >= 0.6 is 22.9 Å². The predicted octanol–water partition coefficient (Wildman–Crippen LogP) is 3.58. The summed E-state index contributed by atoms with van der Waals surface area (Å²) < 4.78 is 1.78. The Morgan fingerprint density at radius 1 is 1.28 bits per heavy atom. The van der Waals surface area contributed by atoms with Gasteiger partial charge in [-0.25, -0.2) is 4.98 Å². The molecular weight excluding hydrogens is 498 g/mol. The average Bonchev–Trinajstić information content (AvgIpc) is 3.32. The highest BCUT2D eigenvalue weighted by Crippen LogP contribution is 2.54. The van der Waals surface area contributed by atoms with Gasteiger partial charge in [0.25, 0.3) is 11.5 Å². The van der Waals surface area contributed by atoms with Crippen molar-refractivity contribution in [2.45, 2.75) is 37.3 Å². The number of aromatic amines is 1. The SMILES string of the molecule is Cn1cc(-c2csc(C3(c4nc5c(c(=O)[nH]4)CN(C(=O)[C@H](O)c4cccc(Cl)c4)CC5)CC3)c2)cn1. The van der Waals surface area contributed by atoms with Crippen LogP contribution in [0.25, 0.3) is 11.1 Å². The number of benzene rings is 1. The number of nitrogens with zero attached hydrogens (tertiary/aromatic N) is 4. The van der Waals surface area contributed by atoms with Gasteiger partial charge in [0, 0.05) is 41.7 Å². The van der Waals surface area contributed by atoms with Crippen molar-refractivity contribution in [2.75, 3.05) is 6.54 Å². The third-order valence-electron chi connectivity index (χ3n) is 7.09. The van der Waals surface area contributed by atoms with Crippen LogP contribution in [-0.4, -0.2) is 42.2 Å². The Kier molecular flexibility index (Phi) is 5.59. The van der Waals surface area contributed by atoms with Gasteiger partial charge in [-0.3, -0.25) is 14.3 Å². The van der Waals surface area contributed by atoms with E-state index in [1.165, 1.54) is 9.78 Å². The number of carbonyl (C=O) groups is 1. The van der Waals surface area contributed by atoms with Crippen LogP contribution in [0.3, 0.4) is 0 Å². The fraction of sp³-hybridized carbons (Fsp3) is 0.308. The number of hydrogen-bond acceptors (Lipinski definition) is 6. The monoisotopic (exact) mass is 521 g/mol. The first kappa shape index (κ1) is 23.1. The number of carbonyl (C=O) groups excluding carboxylic acids is 1. The number of thiophene rings is 1. The first-order valence-electron chi connectivity index (χ1n) is 11.8. The van der Waals surface area contributed by atoms with Gasteiger partial charge in [0.2, 0.25) is 0 Å². The molecule has 1 aromatic carbocycles. The van der Waals surface area contributed by atoms with Crippen LogP contribution in [-0.2, 0) is 30.2 Å². The minimum atomic E-state index is -1.33. The summed E-state index contributed by atoms with van der Waals surface area (Å²) in [5, 5.41) is 17.4. The van der Waals surface area contributed by atoms with E-state index < -0.39 is 12.0 Å². The first-order valence-corrected chi connectivity index (χ1v) is 13.0. The van der Waals surface area contributed by atoms with Gasteiger partial charge in [-0.2, -0.15) is 5.10 Å². The second-order valence-corrected chi connectivity index (χ2v) is 10.8. The fourth-order valence-electron chi connectivity index (χ4n) is 4.87. The molecule has 8 nitrogen and oxygen atoms in total. The minimum Gasteiger partial charge on any atom is -0.378 e. The standard InChI is InChI=1S/C26H24ClN5O3S/c1-31-12-17(11-28-31)16-10-21(36-14-16)26(6-7-26)25-29-20-5-8-32(13-19(20)23(34)30-25)24(35)22(33)15-3-2-4-18(27)9-15/h2-4,9-12,14,22,33H,5-8,13H2,1H3,(H,29,30,34)/t22-/m1/s1. The van der Waals surface area contributed by atoms with E-state index in [0.29, 0.717) is 34.9 Å². The van der Waals surface area contributed by atoms with Gasteiger partial charge in [0.05, 0.1) is 29.4 Å². The number of hydrogen-bond donors (Lipinski definition) is 2. The van der Waals surface area contributed by atoms with Crippen molar-refractivity contribution in [3.05, 3.63) is 91.0 Å². The molecule has 1 atom stereocenters. The maximum atomic E-state index is 13.2. The van der Waals surface area contributed by atoms with E-state index in [0.717, 1.165) is 29.7 Å². The molecular formula is C26H24ClN5O3S. The van der Waals surface area contributed by atoms with E-state index in [4.69, 9.17) is 16.6 Å². The highest BCUT2D eigenvalue weighted by Gasteiger charge is 2.50. The van der Waals surface area contributed by atoms with Crippen LogP contribution in [0.4, 0.5) is 0 Å². The molecule has 6 rings (SSSR count). The lowest BCUT2D eigenvalue weighted by molar-refractivity contribution is -0.141. The number of amides is 1. The summed E-state index contributed by atoms with van der Waals surface area (Å²) >= 11 is 7.69. The zero-order valence-corrected chi connectivity index (χ0v) is 21.1. The Labute approximate surface area is 216 Å². The number of aliphatic hydroxyl groups excluding tert-OH is 1. The molecule has 2 aliphatic rings. The van der Waals surface area contributed by atoms with Gasteiger partial charge in [-0.1, -0.05) is 23.7 Å². The van der Waals surface area contributed by atoms with Crippen molar-refractivity contribution in [1.29, 1.82) is 0 Å². The average molecular weight is 522 g/mol. The van der Waals surface area contributed by atoms with Crippen LogP contribution in [0.1, 0.15) is 46.5 Å². The number of nitrogens with one attached hydrogen (secondary N) is 1. The van der Waals surface area contributed by atoms with Crippen LogP contribution in [0.2, 0.25) is 5.02 Å². The molecule has 1 fully saturated rings. The highest BCUT2D eigenvalue weighted by molar-refractivity contribution is 7.10. The fourth-order valence-corrected chi connectivity index (χ4v) is 6.24. The van der Waals surface area contributed by atoms with E-state index in [1.807, 2.05) is 19.4 Å². The lowest BCUT2D eigenvalue weighted by Crippen LogP contribution is -2.42. The molecule has 4 aromatic rings. The van der Waals surface area contributed by atoms with Crippen molar-refractivity contribution in [1.82, 2.24) is 24.6 Å². The van der Waals surface area contributed by atoms with Gasteiger partial charge in [0.1, 0.15) is 5.82 Å². The molecule has 3 aromatic heterocycles. The smallest absolute Gasteiger partial charge is 0.256 e. The molecule has 2 N–H and O–H groups in total. The largest absolute Gasteiger partial charge is 0.378 e. The summed E-state index contributed by atoms with van der Waals surface area (Å²) in [5.74, 6) is 0.246. The Hall–Kier alpha value is -3.27. The number of aryl methyl sites for hydroxylation is 1. The Bertz CT molecular complexity index is 1540. The van der Waals surface area contributed by atoms with Gasteiger partial charge < -0.3 is 15.0 Å². The number of fused-ring (bicyclic) bond motifs is 1. The van der Waals surface area contributed by atoms with E-state index in [9.17, 15) is 14.7 Å². The molecule has 1 aliphatic carbocycles. The second-order valence-electron chi connectivity index (χ2n) is 9.49. The minimum absolute atomic E-state index is 0.117. The lowest BCUT2D eigenvalue weighted by atomic mass is 10.00. The van der Waals surface area contributed by atoms with E-state index in [2.05, 4.69) is 21.5 Å². The molecule has 0 spiro atoms. The number of halogens is 1. The lowest BCUT2D eigenvalue weighted by Gasteiger charge is -2.30. The summed E-state index contributed by atoms with van der Waals surface area (Å²) in [7, 11) is 1.90. The maximum Gasteiger partial charge on any atom is 0.256 e. The van der Waals surface area contributed by atoms with Crippen LogP contribution in [0, 0.1) is 0 Å². The summed E-state index contributed by atoms with van der Waals surface area (Å²) in [6.45, 7) is 0.502. The molecule has 4 heterocycles. The van der Waals surface area contributed by atoms with Crippen LogP contribution in [0.15, 0.2) is 52.9 Å². The van der Waals surface area contributed by atoms with Crippen molar-refractivity contribution in [2.24, 2.45) is 7.05 Å². The zero-order chi connectivity index (χ0) is 25.0. The number of rotatable bonds is 5. The molecule has 0 bridgehead atoms. The normalized spacial score (nSPS) is 17.0. The van der Waals surface area contributed by atoms with Gasteiger partial charge in [-0.15, -0.1) is 11.3 Å². The third-order valence-corrected chi connectivity index (χ3v) is 8.46. The number of aromatic nitrogens is 4. The summed E-state index contributed by atoms with van der Waals surface area (Å²) in [6.07, 6.45) is 4.82. The molecule has 1 saturated carbocycles. The molecule has 1 aliphatic heterocycles. The van der Waals surface area contributed by atoms with Crippen molar-refractivity contribution in [3.8, 4) is 11.1 Å². The highest BCUT2D eigenvalue weighted by atomic mass is 35.5. The Balaban J connectivity index is 1.25. The predicted molar refractivity (Wildman–Crippen MR) is 137 cm³/mol. The van der Waals surface area contributed by atoms with Gasteiger partial charge >= 0.3 is 0 Å². The number of H-pyrrole nitrogens is 1. The van der Waals surface area contributed by atoms with E-state index >= 15 is 0 Å². The quantitative estimate of drug-likeness (QED) is 0.418. The third kappa shape index (κ3) is 3.97. The van der Waals surface area contributed by atoms with Crippen molar-refractivity contribution < 1.29 is 9.90 Å². The van der Waals surface area contributed by atoms with Gasteiger partial charge in [0.15, 0.2) is 6.10 Å². The number of aliphatic hydroxyl groups is 1. The van der Waals surface area contributed by atoms with Gasteiger partial charge in [-0.05, 0) is 47.5 Å². The van der Waals surface area contributed by atoms with Crippen molar-refractivity contribution >= 4 is 28.8 Å². The molecule has 0 unspecified atom stereocenters. The summed E-state index contributed by atoms with van der Waals surface area (Å²) in [4.78, 5) is 36.7. The molecule has 36 heavy (non-hydrogen) atoms. The Morgan fingerprint density at radius 2 is 2.11 bits per heavy atom. The zero-order valence-electron chi connectivity index (χ0n) is 19.6. The molecule has 0 saturated heterocycles. The molecule has 0 radical (unpaired) electrons.